The predicted molar refractivity (Wildman–Crippen MR) is 87.9 cm³/mol. The molecule has 0 saturated carbocycles. The number of ether oxygens (including phenoxy) is 2. The Labute approximate surface area is 142 Å². The highest BCUT2D eigenvalue weighted by Crippen LogP contribution is 2.19. The molecule has 2 rings (SSSR count). The van der Waals surface area contributed by atoms with Gasteiger partial charge in [-0.3, -0.25) is 9.59 Å². The van der Waals surface area contributed by atoms with E-state index in [1.807, 2.05) is 0 Å². The van der Waals surface area contributed by atoms with Crippen molar-refractivity contribution >= 4 is 23.2 Å². The Bertz CT molecular complexity index is 736. The Morgan fingerprint density at radius 3 is 2.36 bits per heavy atom. The molecule has 0 aliphatic rings. The molecule has 2 amide bonds. The Hall–Kier alpha value is -3.16. The second-order valence-corrected chi connectivity index (χ2v) is 4.95. The molecule has 2 aromatic rings. The molecular formula is C17H16F2N2O4. The minimum Gasteiger partial charge on any atom is -0.484 e. The van der Waals surface area contributed by atoms with Gasteiger partial charge < -0.3 is 20.1 Å². The lowest BCUT2D eigenvalue weighted by molar-refractivity contribution is -0.118. The van der Waals surface area contributed by atoms with Crippen LogP contribution in [0.5, 0.6) is 11.5 Å². The number of amides is 2. The molecule has 0 aromatic heterocycles. The molecule has 6 nitrogen and oxygen atoms in total. The number of alkyl halides is 2. The number of benzene rings is 2. The van der Waals surface area contributed by atoms with Gasteiger partial charge in [-0.05, 0) is 36.4 Å². The van der Waals surface area contributed by atoms with Crippen molar-refractivity contribution in [3.63, 3.8) is 0 Å². The highest BCUT2D eigenvalue weighted by atomic mass is 19.3. The summed E-state index contributed by atoms with van der Waals surface area (Å²) in [4.78, 5) is 22.9. The van der Waals surface area contributed by atoms with Crippen molar-refractivity contribution in [1.29, 1.82) is 0 Å². The highest BCUT2D eigenvalue weighted by molar-refractivity contribution is 5.92. The van der Waals surface area contributed by atoms with Gasteiger partial charge in [-0.2, -0.15) is 8.78 Å². The lowest BCUT2D eigenvalue weighted by atomic mass is 10.3. The van der Waals surface area contributed by atoms with Crippen LogP contribution >= 0.6 is 0 Å². The monoisotopic (exact) mass is 350 g/mol. The van der Waals surface area contributed by atoms with E-state index in [4.69, 9.17) is 4.74 Å². The summed E-state index contributed by atoms with van der Waals surface area (Å²) in [7, 11) is 0. The standard InChI is InChI=1S/C17H16F2N2O4/c1-11(22)20-13-3-2-4-15(9-13)24-10-16(23)21-12-5-7-14(8-6-12)25-17(18)19/h2-9,17H,10H2,1H3,(H,20,22)(H,21,23). The zero-order chi connectivity index (χ0) is 18.2. The van der Waals surface area contributed by atoms with Crippen molar-refractivity contribution in [1.82, 2.24) is 0 Å². The molecule has 2 N–H and O–H groups in total. The van der Waals surface area contributed by atoms with Crippen LogP contribution in [0.4, 0.5) is 20.2 Å². The summed E-state index contributed by atoms with van der Waals surface area (Å²) in [5.41, 5.74) is 0.974. The van der Waals surface area contributed by atoms with Crippen LogP contribution in [0.3, 0.4) is 0 Å². The van der Waals surface area contributed by atoms with E-state index in [-0.39, 0.29) is 18.3 Å². The maximum Gasteiger partial charge on any atom is 0.387 e. The van der Waals surface area contributed by atoms with Gasteiger partial charge in [-0.15, -0.1) is 0 Å². The number of anilines is 2. The molecular weight excluding hydrogens is 334 g/mol. The molecule has 2 aromatic carbocycles. The van der Waals surface area contributed by atoms with Crippen LogP contribution in [-0.2, 0) is 9.59 Å². The quantitative estimate of drug-likeness (QED) is 0.804. The minimum absolute atomic E-state index is 0.000893. The summed E-state index contributed by atoms with van der Waals surface area (Å²) in [6.45, 7) is -1.76. The molecule has 0 fully saturated rings. The third-order valence-electron chi connectivity index (χ3n) is 2.89. The van der Waals surface area contributed by atoms with E-state index in [9.17, 15) is 18.4 Å². The van der Waals surface area contributed by atoms with Gasteiger partial charge in [-0.1, -0.05) is 6.07 Å². The van der Waals surface area contributed by atoms with Crippen LogP contribution in [0.15, 0.2) is 48.5 Å². The topological polar surface area (TPSA) is 76.7 Å². The van der Waals surface area contributed by atoms with E-state index in [2.05, 4.69) is 15.4 Å². The lowest BCUT2D eigenvalue weighted by Crippen LogP contribution is -2.20. The highest BCUT2D eigenvalue weighted by Gasteiger charge is 2.07. The average molecular weight is 350 g/mol. The summed E-state index contributed by atoms with van der Waals surface area (Å²) in [6.07, 6.45) is 0. The van der Waals surface area contributed by atoms with Crippen molar-refractivity contribution in [2.45, 2.75) is 13.5 Å². The zero-order valence-corrected chi connectivity index (χ0v) is 13.3. The SMILES string of the molecule is CC(=O)Nc1cccc(OCC(=O)Nc2ccc(OC(F)F)cc2)c1. The van der Waals surface area contributed by atoms with E-state index < -0.39 is 12.5 Å². The molecule has 25 heavy (non-hydrogen) atoms. The Morgan fingerprint density at radius 2 is 1.72 bits per heavy atom. The van der Waals surface area contributed by atoms with E-state index in [0.29, 0.717) is 17.1 Å². The number of hydrogen-bond donors (Lipinski definition) is 2. The third-order valence-corrected chi connectivity index (χ3v) is 2.89. The van der Waals surface area contributed by atoms with Crippen LogP contribution < -0.4 is 20.1 Å². The number of carbonyl (C=O) groups excluding carboxylic acids is 2. The van der Waals surface area contributed by atoms with Gasteiger partial charge in [0, 0.05) is 24.4 Å². The van der Waals surface area contributed by atoms with Crippen LogP contribution in [0.1, 0.15) is 6.92 Å². The van der Waals surface area contributed by atoms with E-state index in [0.717, 1.165) is 0 Å². The second-order valence-electron chi connectivity index (χ2n) is 4.95. The van der Waals surface area contributed by atoms with Gasteiger partial charge in [0.05, 0.1) is 0 Å². The first-order valence-corrected chi connectivity index (χ1v) is 7.27. The minimum atomic E-state index is -2.90. The number of halogens is 2. The summed E-state index contributed by atoms with van der Waals surface area (Å²) in [6, 6.07) is 12.1. The van der Waals surface area contributed by atoms with Gasteiger partial charge >= 0.3 is 6.61 Å². The number of rotatable bonds is 7. The lowest BCUT2D eigenvalue weighted by Gasteiger charge is -2.10. The molecule has 132 valence electrons. The average Bonchev–Trinajstić information content (AvgIpc) is 2.54. The predicted octanol–water partition coefficient (Wildman–Crippen LogP) is 3.26. The van der Waals surface area contributed by atoms with Crippen molar-refractivity contribution in [3.8, 4) is 11.5 Å². The smallest absolute Gasteiger partial charge is 0.387 e. The molecule has 0 bridgehead atoms. The maximum atomic E-state index is 12.1. The molecule has 8 heteroatoms. The van der Waals surface area contributed by atoms with Gasteiger partial charge in [0.25, 0.3) is 5.91 Å². The molecule has 0 radical (unpaired) electrons. The fraction of sp³-hybridized carbons (Fsp3) is 0.176. The molecule has 0 heterocycles. The first-order valence-electron chi connectivity index (χ1n) is 7.27. The van der Waals surface area contributed by atoms with Crippen LogP contribution in [0.2, 0.25) is 0 Å². The van der Waals surface area contributed by atoms with Crippen molar-refractivity contribution in [3.05, 3.63) is 48.5 Å². The first-order chi connectivity index (χ1) is 11.9. The first kappa shape index (κ1) is 18.2. The number of nitrogens with one attached hydrogen (secondary N) is 2. The zero-order valence-electron chi connectivity index (χ0n) is 13.3. The van der Waals surface area contributed by atoms with Gasteiger partial charge in [0.15, 0.2) is 6.61 Å². The largest absolute Gasteiger partial charge is 0.484 e. The number of carbonyl (C=O) groups is 2. The van der Waals surface area contributed by atoms with Gasteiger partial charge in [-0.25, -0.2) is 0 Å². The van der Waals surface area contributed by atoms with Crippen LogP contribution in [0, 0.1) is 0 Å². The van der Waals surface area contributed by atoms with E-state index in [1.54, 1.807) is 24.3 Å². The Morgan fingerprint density at radius 1 is 1.00 bits per heavy atom. The van der Waals surface area contributed by atoms with E-state index in [1.165, 1.54) is 31.2 Å². The normalized spacial score (nSPS) is 10.2. The second kappa shape index (κ2) is 8.62. The molecule has 0 aliphatic carbocycles. The Kier molecular flexibility index (Phi) is 6.27. The molecule has 0 saturated heterocycles. The molecule has 0 atom stereocenters. The van der Waals surface area contributed by atoms with Gasteiger partial charge in [0.2, 0.25) is 5.91 Å². The maximum absolute atomic E-state index is 12.1. The fourth-order valence-corrected chi connectivity index (χ4v) is 1.93. The molecule has 0 spiro atoms. The van der Waals surface area contributed by atoms with Crippen molar-refractivity contribution in [2.24, 2.45) is 0 Å². The Balaban J connectivity index is 1.85. The van der Waals surface area contributed by atoms with Crippen molar-refractivity contribution < 1.29 is 27.8 Å². The van der Waals surface area contributed by atoms with Crippen molar-refractivity contribution in [2.75, 3.05) is 17.2 Å². The van der Waals surface area contributed by atoms with Crippen LogP contribution in [-0.4, -0.2) is 25.0 Å². The fourth-order valence-electron chi connectivity index (χ4n) is 1.93. The van der Waals surface area contributed by atoms with Crippen LogP contribution in [0.25, 0.3) is 0 Å². The van der Waals surface area contributed by atoms with E-state index >= 15 is 0 Å². The molecule has 0 aliphatic heterocycles. The summed E-state index contributed by atoms with van der Waals surface area (Å²) in [5.74, 6) is -0.220. The molecule has 0 unspecified atom stereocenters. The van der Waals surface area contributed by atoms with Gasteiger partial charge in [0.1, 0.15) is 11.5 Å². The summed E-state index contributed by atoms with van der Waals surface area (Å²) < 4.78 is 33.7. The summed E-state index contributed by atoms with van der Waals surface area (Å²) in [5, 5.41) is 5.17. The summed E-state index contributed by atoms with van der Waals surface area (Å²) >= 11 is 0. The number of hydrogen-bond acceptors (Lipinski definition) is 4. The third kappa shape index (κ3) is 6.46.